The number of rotatable bonds is 6. The summed E-state index contributed by atoms with van der Waals surface area (Å²) in [5, 5.41) is 18.1. The number of aliphatic hydroxyl groups is 1. The molecule has 0 radical (unpaired) electrons. The highest BCUT2D eigenvalue weighted by atomic mass is 32.2. The number of hydrogen-bond acceptors (Lipinski definition) is 5. The molecular weight excluding hydrogens is 282 g/mol. The third-order valence-electron chi connectivity index (χ3n) is 2.73. The second-order valence-corrected chi connectivity index (χ2v) is 7.87. The predicted octanol–water partition coefficient (Wildman–Crippen LogP) is 1.83. The van der Waals surface area contributed by atoms with Crippen molar-refractivity contribution in [1.29, 1.82) is 5.26 Å². The van der Waals surface area contributed by atoms with Crippen molar-refractivity contribution in [3.63, 3.8) is 0 Å². The Morgan fingerprint density at radius 3 is 2.68 bits per heavy atom. The molecule has 1 aromatic carbocycles. The van der Waals surface area contributed by atoms with E-state index in [-0.39, 0.29) is 15.9 Å². The fourth-order valence-electron chi connectivity index (χ4n) is 1.36. The molecule has 0 bridgehead atoms. The summed E-state index contributed by atoms with van der Waals surface area (Å²) < 4.78 is 24.1. The zero-order chi connectivity index (χ0) is 14.5. The smallest absolute Gasteiger partial charge is 0.179 e. The van der Waals surface area contributed by atoms with Crippen molar-refractivity contribution < 1.29 is 13.5 Å². The Morgan fingerprint density at radius 2 is 2.11 bits per heavy atom. The monoisotopic (exact) mass is 299 g/mol. The first-order chi connectivity index (χ1) is 8.86. The van der Waals surface area contributed by atoms with Crippen LogP contribution in [0, 0.1) is 11.3 Å². The third-order valence-corrected chi connectivity index (χ3v) is 6.07. The Kier molecular flexibility index (Phi) is 5.85. The maximum atomic E-state index is 12.1. The lowest BCUT2D eigenvalue weighted by Crippen LogP contribution is -2.18. The van der Waals surface area contributed by atoms with E-state index in [1.807, 2.05) is 13.0 Å². The van der Waals surface area contributed by atoms with E-state index >= 15 is 0 Å². The van der Waals surface area contributed by atoms with E-state index in [1.165, 1.54) is 23.9 Å². The van der Waals surface area contributed by atoms with Crippen LogP contribution in [0.5, 0.6) is 0 Å². The molecule has 2 atom stereocenters. The predicted molar refractivity (Wildman–Crippen MR) is 76.8 cm³/mol. The van der Waals surface area contributed by atoms with Crippen LogP contribution in [0.2, 0.25) is 0 Å². The molecule has 1 N–H and O–H groups in total. The molecule has 19 heavy (non-hydrogen) atoms. The summed E-state index contributed by atoms with van der Waals surface area (Å²) in [7, 11) is -3.37. The number of hydrogen-bond donors (Lipinski definition) is 1. The SMILES string of the molecule is CC(O)C(C)SCCS(=O)(=O)c1cccc(C#N)c1. The first-order valence-electron chi connectivity index (χ1n) is 5.89. The fourth-order valence-corrected chi connectivity index (χ4v) is 4.10. The van der Waals surface area contributed by atoms with Crippen LogP contribution in [0.4, 0.5) is 0 Å². The van der Waals surface area contributed by atoms with Crippen molar-refractivity contribution in [2.45, 2.75) is 30.1 Å². The number of nitrogens with zero attached hydrogens (tertiary/aromatic N) is 1. The van der Waals surface area contributed by atoms with Gasteiger partial charge in [-0.05, 0) is 25.1 Å². The Labute approximate surface area is 118 Å². The first-order valence-corrected chi connectivity index (χ1v) is 8.59. The largest absolute Gasteiger partial charge is 0.392 e. The molecule has 0 aromatic heterocycles. The van der Waals surface area contributed by atoms with Crippen LogP contribution in [0.25, 0.3) is 0 Å². The molecule has 0 saturated carbocycles. The fraction of sp³-hybridized carbons (Fsp3) is 0.462. The van der Waals surface area contributed by atoms with Gasteiger partial charge in [0.15, 0.2) is 9.84 Å². The van der Waals surface area contributed by atoms with E-state index in [2.05, 4.69) is 0 Å². The second-order valence-electron chi connectivity index (χ2n) is 4.28. The molecule has 0 spiro atoms. The molecule has 2 unspecified atom stereocenters. The standard InChI is InChI=1S/C13H17NO3S2/c1-10(15)11(2)18-6-7-19(16,17)13-5-3-4-12(8-13)9-14/h3-5,8,10-11,15H,6-7H2,1-2H3. The lowest BCUT2D eigenvalue weighted by molar-refractivity contribution is 0.196. The van der Waals surface area contributed by atoms with Gasteiger partial charge in [-0.3, -0.25) is 0 Å². The van der Waals surface area contributed by atoms with Gasteiger partial charge in [0.05, 0.1) is 28.4 Å². The molecule has 0 saturated heterocycles. The van der Waals surface area contributed by atoms with Crippen molar-refractivity contribution in [3.8, 4) is 6.07 Å². The summed E-state index contributed by atoms with van der Waals surface area (Å²) in [6.45, 7) is 3.54. The van der Waals surface area contributed by atoms with Crippen molar-refractivity contribution in [2.24, 2.45) is 0 Å². The van der Waals surface area contributed by atoms with Crippen LogP contribution >= 0.6 is 11.8 Å². The third kappa shape index (κ3) is 4.86. The lowest BCUT2D eigenvalue weighted by atomic mass is 10.2. The van der Waals surface area contributed by atoms with Crippen LogP contribution in [0.3, 0.4) is 0 Å². The van der Waals surface area contributed by atoms with Crippen LogP contribution in [0.15, 0.2) is 29.2 Å². The Balaban J connectivity index is 2.69. The molecule has 104 valence electrons. The minimum Gasteiger partial charge on any atom is -0.392 e. The maximum absolute atomic E-state index is 12.1. The van der Waals surface area contributed by atoms with Crippen molar-refractivity contribution in [1.82, 2.24) is 0 Å². The molecule has 4 nitrogen and oxygen atoms in total. The zero-order valence-electron chi connectivity index (χ0n) is 10.9. The summed E-state index contributed by atoms with van der Waals surface area (Å²) in [6, 6.07) is 7.95. The summed E-state index contributed by atoms with van der Waals surface area (Å²) >= 11 is 1.42. The first kappa shape index (κ1) is 16.0. The van der Waals surface area contributed by atoms with Crippen molar-refractivity contribution >= 4 is 21.6 Å². The maximum Gasteiger partial charge on any atom is 0.179 e. The molecule has 6 heteroatoms. The number of sulfone groups is 1. The van der Waals surface area contributed by atoms with E-state index in [4.69, 9.17) is 5.26 Å². The number of aliphatic hydroxyl groups excluding tert-OH is 1. The molecular formula is C13H17NO3S2. The van der Waals surface area contributed by atoms with Crippen LogP contribution in [0.1, 0.15) is 19.4 Å². The van der Waals surface area contributed by atoms with Gasteiger partial charge < -0.3 is 5.11 Å². The van der Waals surface area contributed by atoms with Gasteiger partial charge in [0.1, 0.15) is 0 Å². The van der Waals surface area contributed by atoms with Gasteiger partial charge >= 0.3 is 0 Å². The van der Waals surface area contributed by atoms with Crippen molar-refractivity contribution in [2.75, 3.05) is 11.5 Å². The van der Waals surface area contributed by atoms with E-state index in [0.29, 0.717) is 11.3 Å². The minimum absolute atomic E-state index is 0.000595. The summed E-state index contributed by atoms with van der Waals surface area (Å²) in [5.41, 5.74) is 0.339. The summed E-state index contributed by atoms with van der Waals surface area (Å²) in [5.74, 6) is 0.425. The van der Waals surface area contributed by atoms with Crippen LogP contribution in [-0.4, -0.2) is 36.4 Å². The normalized spacial score (nSPS) is 14.6. The van der Waals surface area contributed by atoms with Crippen LogP contribution < -0.4 is 0 Å². The van der Waals surface area contributed by atoms with Crippen LogP contribution in [-0.2, 0) is 9.84 Å². The molecule has 0 aliphatic heterocycles. The Hall–Kier alpha value is -1.03. The lowest BCUT2D eigenvalue weighted by Gasteiger charge is -2.13. The van der Waals surface area contributed by atoms with Gasteiger partial charge in [0.2, 0.25) is 0 Å². The summed E-state index contributed by atoms with van der Waals surface area (Å²) in [4.78, 5) is 0.178. The van der Waals surface area contributed by atoms with E-state index < -0.39 is 15.9 Å². The van der Waals surface area contributed by atoms with Gasteiger partial charge in [-0.15, -0.1) is 0 Å². The van der Waals surface area contributed by atoms with Gasteiger partial charge in [-0.1, -0.05) is 13.0 Å². The Morgan fingerprint density at radius 1 is 1.42 bits per heavy atom. The molecule has 0 heterocycles. The average molecular weight is 299 g/mol. The van der Waals surface area contributed by atoms with Gasteiger partial charge in [0.25, 0.3) is 0 Å². The van der Waals surface area contributed by atoms with Crippen molar-refractivity contribution in [3.05, 3.63) is 29.8 Å². The van der Waals surface area contributed by atoms with E-state index in [1.54, 1.807) is 19.1 Å². The quantitative estimate of drug-likeness (QED) is 0.867. The highest BCUT2D eigenvalue weighted by Crippen LogP contribution is 2.18. The van der Waals surface area contributed by atoms with Gasteiger partial charge in [0, 0.05) is 11.0 Å². The average Bonchev–Trinajstić information content (AvgIpc) is 2.38. The topological polar surface area (TPSA) is 78.2 Å². The highest BCUT2D eigenvalue weighted by Gasteiger charge is 2.16. The molecule has 0 amide bonds. The minimum atomic E-state index is -3.37. The molecule has 0 aliphatic rings. The molecule has 0 aliphatic carbocycles. The molecule has 0 fully saturated rings. The number of benzene rings is 1. The molecule has 1 rings (SSSR count). The van der Waals surface area contributed by atoms with E-state index in [9.17, 15) is 13.5 Å². The van der Waals surface area contributed by atoms with E-state index in [0.717, 1.165) is 0 Å². The second kappa shape index (κ2) is 6.94. The van der Waals surface area contributed by atoms with Gasteiger partial charge in [-0.2, -0.15) is 17.0 Å². The van der Waals surface area contributed by atoms with Gasteiger partial charge in [-0.25, -0.2) is 8.42 Å². The molecule has 1 aromatic rings. The zero-order valence-corrected chi connectivity index (χ0v) is 12.5. The highest BCUT2D eigenvalue weighted by molar-refractivity contribution is 8.01. The number of nitriles is 1. The summed E-state index contributed by atoms with van der Waals surface area (Å²) in [6.07, 6.45) is -0.463. The number of thioether (sulfide) groups is 1. The Bertz CT molecular complexity index is 561.